The Bertz CT molecular complexity index is 1350. The van der Waals surface area contributed by atoms with Gasteiger partial charge < -0.3 is 14.1 Å². The highest BCUT2D eigenvalue weighted by Gasteiger charge is 2.10. The molecular formula is C28H24ClN3O2. The quantitative estimate of drug-likeness (QED) is 0.212. The third kappa shape index (κ3) is 5.31. The molecule has 0 atom stereocenters. The summed E-state index contributed by atoms with van der Waals surface area (Å²) in [5, 5.41) is 14.0. The normalized spacial score (nSPS) is 10.9. The fourth-order valence-electron chi connectivity index (χ4n) is 3.74. The van der Waals surface area contributed by atoms with Gasteiger partial charge in [0.05, 0.1) is 17.8 Å². The van der Waals surface area contributed by atoms with E-state index in [0.29, 0.717) is 17.2 Å². The zero-order valence-corrected chi connectivity index (χ0v) is 19.8. The van der Waals surface area contributed by atoms with E-state index in [1.807, 2.05) is 73.7 Å². The second-order valence-electron chi connectivity index (χ2n) is 7.81. The molecule has 34 heavy (non-hydrogen) atoms. The van der Waals surface area contributed by atoms with Crippen molar-refractivity contribution in [2.45, 2.75) is 27.1 Å². The maximum Gasteiger partial charge on any atom is 0.143 e. The van der Waals surface area contributed by atoms with Crippen molar-refractivity contribution >= 4 is 17.8 Å². The van der Waals surface area contributed by atoms with Crippen molar-refractivity contribution < 1.29 is 9.57 Å². The molecule has 3 aromatic carbocycles. The Balaban J connectivity index is 1.42. The fraction of sp³-hybridized carbons (Fsp3) is 0.143. The molecule has 0 aliphatic carbocycles. The van der Waals surface area contributed by atoms with Gasteiger partial charge in [-0.05, 0) is 56.3 Å². The minimum atomic E-state index is 0.245. The van der Waals surface area contributed by atoms with Crippen LogP contribution in [0.5, 0.6) is 5.75 Å². The summed E-state index contributed by atoms with van der Waals surface area (Å²) in [7, 11) is 0. The van der Waals surface area contributed by atoms with E-state index in [-0.39, 0.29) is 6.61 Å². The third-order valence-electron chi connectivity index (χ3n) is 5.54. The van der Waals surface area contributed by atoms with Gasteiger partial charge in [-0.3, -0.25) is 0 Å². The first-order chi connectivity index (χ1) is 16.6. The predicted octanol–water partition coefficient (Wildman–Crippen LogP) is 6.75. The molecule has 5 nitrogen and oxygen atoms in total. The first-order valence-electron chi connectivity index (χ1n) is 10.9. The first-order valence-corrected chi connectivity index (χ1v) is 11.2. The standard InChI is InChI=1S/C28H24ClN3O2/c1-20-15-25(17-31-34-19-23-8-4-3-7-22(23)16-30)21(2)32(20)26-11-13-27(14-12-26)33-18-24-9-5-6-10-28(24)29/h3-15,17H,18-19H2,1-2H3/b31-17-. The number of nitriles is 1. The highest BCUT2D eigenvalue weighted by atomic mass is 35.5. The van der Waals surface area contributed by atoms with Crippen LogP contribution in [0, 0.1) is 25.2 Å². The van der Waals surface area contributed by atoms with Gasteiger partial charge in [-0.1, -0.05) is 53.2 Å². The molecule has 6 heteroatoms. The SMILES string of the molecule is Cc1cc(/C=N\OCc2ccccc2C#N)c(C)n1-c1ccc(OCc2ccccc2Cl)cc1. The Kier molecular flexibility index (Phi) is 7.31. The Morgan fingerprint density at radius 1 is 0.941 bits per heavy atom. The van der Waals surface area contributed by atoms with Crippen molar-refractivity contribution in [3.63, 3.8) is 0 Å². The van der Waals surface area contributed by atoms with Crippen LogP contribution in [0.4, 0.5) is 0 Å². The molecule has 0 saturated heterocycles. The summed E-state index contributed by atoms with van der Waals surface area (Å²) in [6.45, 7) is 4.76. The molecule has 0 aliphatic rings. The zero-order valence-electron chi connectivity index (χ0n) is 19.0. The van der Waals surface area contributed by atoms with Crippen LogP contribution in [0.2, 0.25) is 5.02 Å². The Labute approximate surface area is 204 Å². The number of hydrogen-bond donors (Lipinski definition) is 0. The van der Waals surface area contributed by atoms with Gasteiger partial charge in [0.2, 0.25) is 0 Å². The van der Waals surface area contributed by atoms with E-state index in [0.717, 1.165) is 39.5 Å². The molecule has 0 N–H and O–H groups in total. The summed E-state index contributed by atoms with van der Waals surface area (Å²) in [5.41, 5.74) is 6.48. The van der Waals surface area contributed by atoms with E-state index < -0.39 is 0 Å². The molecule has 0 aliphatic heterocycles. The van der Waals surface area contributed by atoms with E-state index in [9.17, 15) is 5.26 Å². The third-order valence-corrected chi connectivity index (χ3v) is 5.91. The van der Waals surface area contributed by atoms with Crippen LogP contribution in [0.25, 0.3) is 5.69 Å². The van der Waals surface area contributed by atoms with Gasteiger partial charge in [0, 0.05) is 38.8 Å². The van der Waals surface area contributed by atoms with Gasteiger partial charge in [-0.2, -0.15) is 5.26 Å². The van der Waals surface area contributed by atoms with Crippen molar-refractivity contribution in [1.82, 2.24) is 4.57 Å². The molecule has 0 unspecified atom stereocenters. The number of ether oxygens (including phenoxy) is 1. The van der Waals surface area contributed by atoms with Crippen molar-refractivity contribution in [2.75, 3.05) is 0 Å². The van der Waals surface area contributed by atoms with E-state index in [1.165, 1.54) is 0 Å². The molecule has 0 amide bonds. The van der Waals surface area contributed by atoms with Gasteiger partial charge in [-0.15, -0.1) is 0 Å². The lowest BCUT2D eigenvalue weighted by Gasteiger charge is -2.12. The van der Waals surface area contributed by atoms with E-state index >= 15 is 0 Å². The zero-order chi connectivity index (χ0) is 23.9. The number of benzene rings is 3. The molecule has 1 aromatic heterocycles. The highest BCUT2D eigenvalue weighted by molar-refractivity contribution is 6.31. The lowest BCUT2D eigenvalue weighted by molar-refractivity contribution is 0.132. The monoisotopic (exact) mass is 469 g/mol. The number of nitrogens with zero attached hydrogens (tertiary/aromatic N) is 3. The molecule has 0 saturated carbocycles. The van der Waals surface area contributed by atoms with Gasteiger partial charge >= 0.3 is 0 Å². The number of hydrogen-bond acceptors (Lipinski definition) is 4. The minimum Gasteiger partial charge on any atom is -0.489 e. The second-order valence-corrected chi connectivity index (χ2v) is 8.22. The average Bonchev–Trinajstić information content (AvgIpc) is 3.14. The molecule has 1 heterocycles. The molecule has 0 radical (unpaired) electrons. The second kappa shape index (κ2) is 10.7. The summed E-state index contributed by atoms with van der Waals surface area (Å²) in [5.74, 6) is 0.777. The first kappa shape index (κ1) is 23.2. The van der Waals surface area contributed by atoms with Gasteiger partial charge in [0.15, 0.2) is 0 Å². The average molecular weight is 470 g/mol. The number of aryl methyl sites for hydroxylation is 1. The van der Waals surface area contributed by atoms with Gasteiger partial charge in [-0.25, -0.2) is 0 Å². The predicted molar refractivity (Wildman–Crippen MR) is 135 cm³/mol. The van der Waals surface area contributed by atoms with Crippen LogP contribution in [0.1, 0.15) is 33.6 Å². The van der Waals surface area contributed by atoms with Crippen LogP contribution in [-0.2, 0) is 18.1 Å². The largest absolute Gasteiger partial charge is 0.489 e. The molecule has 4 aromatic rings. The summed E-state index contributed by atoms with van der Waals surface area (Å²) >= 11 is 6.21. The molecule has 0 bridgehead atoms. The maximum absolute atomic E-state index is 9.18. The van der Waals surface area contributed by atoms with Gasteiger partial charge in [0.1, 0.15) is 19.0 Å². The van der Waals surface area contributed by atoms with Crippen molar-refractivity contribution in [3.8, 4) is 17.5 Å². The van der Waals surface area contributed by atoms with Crippen molar-refractivity contribution in [2.24, 2.45) is 5.16 Å². The number of oxime groups is 1. The van der Waals surface area contributed by atoms with Crippen molar-refractivity contribution in [3.05, 3.63) is 118 Å². The van der Waals surface area contributed by atoms with Crippen LogP contribution in [-0.4, -0.2) is 10.8 Å². The van der Waals surface area contributed by atoms with E-state index in [1.54, 1.807) is 12.3 Å². The lowest BCUT2D eigenvalue weighted by atomic mass is 10.1. The van der Waals surface area contributed by atoms with Crippen molar-refractivity contribution in [1.29, 1.82) is 5.26 Å². The van der Waals surface area contributed by atoms with E-state index in [4.69, 9.17) is 21.2 Å². The molecule has 170 valence electrons. The summed E-state index contributed by atoms with van der Waals surface area (Å²) in [4.78, 5) is 5.45. The van der Waals surface area contributed by atoms with Gasteiger partial charge in [0.25, 0.3) is 0 Å². The van der Waals surface area contributed by atoms with Crippen LogP contribution < -0.4 is 4.74 Å². The Morgan fingerprint density at radius 3 is 2.38 bits per heavy atom. The summed E-state index contributed by atoms with van der Waals surface area (Å²) in [6, 6.07) is 27.2. The Morgan fingerprint density at radius 2 is 1.65 bits per heavy atom. The molecule has 4 rings (SSSR count). The number of aromatic nitrogens is 1. The van der Waals surface area contributed by atoms with Crippen LogP contribution >= 0.6 is 11.6 Å². The number of rotatable bonds is 8. The summed E-state index contributed by atoms with van der Waals surface area (Å²) in [6.07, 6.45) is 1.70. The highest BCUT2D eigenvalue weighted by Crippen LogP contribution is 2.23. The molecule has 0 spiro atoms. The smallest absolute Gasteiger partial charge is 0.143 e. The minimum absolute atomic E-state index is 0.245. The van der Waals surface area contributed by atoms with Crippen LogP contribution in [0.15, 0.2) is 84.0 Å². The molecular weight excluding hydrogens is 446 g/mol. The maximum atomic E-state index is 9.18. The Hall–Kier alpha value is -4.01. The number of halogens is 1. The lowest BCUT2D eigenvalue weighted by Crippen LogP contribution is -2.00. The molecule has 0 fully saturated rings. The van der Waals surface area contributed by atoms with Crippen LogP contribution in [0.3, 0.4) is 0 Å². The fourth-order valence-corrected chi connectivity index (χ4v) is 3.93. The summed E-state index contributed by atoms with van der Waals surface area (Å²) < 4.78 is 8.05. The topological polar surface area (TPSA) is 59.5 Å². The van der Waals surface area contributed by atoms with E-state index in [2.05, 4.69) is 28.8 Å².